The molecule has 1 aliphatic heterocycles. The molecule has 1 heterocycles. The number of hydrogen-bond acceptors (Lipinski definition) is 3. The van der Waals surface area contributed by atoms with Gasteiger partial charge in [-0.25, -0.2) is 0 Å². The highest BCUT2D eigenvalue weighted by molar-refractivity contribution is 4.83. The van der Waals surface area contributed by atoms with Crippen molar-refractivity contribution in [3.63, 3.8) is 0 Å². The Balaban J connectivity index is 1.73. The van der Waals surface area contributed by atoms with Crippen LogP contribution in [0.1, 0.15) is 39.0 Å². The normalized spacial score (nSPS) is 36.0. The van der Waals surface area contributed by atoms with E-state index in [2.05, 4.69) is 24.2 Å². The van der Waals surface area contributed by atoms with Gasteiger partial charge in [-0.1, -0.05) is 6.42 Å². The van der Waals surface area contributed by atoms with Gasteiger partial charge in [0.25, 0.3) is 0 Å². The fourth-order valence-corrected chi connectivity index (χ4v) is 3.39. The van der Waals surface area contributed by atoms with Crippen LogP contribution in [0.25, 0.3) is 0 Å². The lowest BCUT2D eigenvalue weighted by atomic mass is 9.99. The largest absolute Gasteiger partial charge is 0.377 e. The Bertz CT molecular complexity index is 222. The van der Waals surface area contributed by atoms with Crippen LogP contribution in [-0.2, 0) is 4.74 Å². The Morgan fingerprint density at radius 1 is 1.29 bits per heavy atom. The zero-order valence-corrected chi connectivity index (χ0v) is 11.5. The van der Waals surface area contributed by atoms with Gasteiger partial charge in [0.15, 0.2) is 0 Å². The summed E-state index contributed by atoms with van der Waals surface area (Å²) in [4.78, 5) is 2.60. The number of nitrogens with zero attached hydrogens (tertiary/aromatic N) is 1. The summed E-state index contributed by atoms with van der Waals surface area (Å²) in [5.74, 6) is 0.902. The summed E-state index contributed by atoms with van der Waals surface area (Å²) in [6.07, 6.45) is 7.19. The zero-order valence-electron chi connectivity index (χ0n) is 11.5. The highest BCUT2D eigenvalue weighted by Crippen LogP contribution is 2.28. The number of hydrogen-bond donors (Lipinski definition) is 1. The van der Waals surface area contributed by atoms with Crippen LogP contribution in [0.5, 0.6) is 0 Å². The summed E-state index contributed by atoms with van der Waals surface area (Å²) >= 11 is 0. The van der Waals surface area contributed by atoms with Gasteiger partial charge < -0.3 is 15.0 Å². The molecular formula is C14H28N2O. The molecule has 17 heavy (non-hydrogen) atoms. The van der Waals surface area contributed by atoms with E-state index in [1.54, 1.807) is 0 Å². The Morgan fingerprint density at radius 2 is 2.18 bits per heavy atom. The minimum Gasteiger partial charge on any atom is -0.377 e. The van der Waals surface area contributed by atoms with E-state index in [0.717, 1.165) is 25.1 Å². The van der Waals surface area contributed by atoms with Gasteiger partial charge in [-0.2, -0.15) is 0 Å². The standard InChI is InChI=1S/C14H28N2O/c1-12-11-16(8-4-10-17-12)9-7-13-5-3-6-14(13)15-2/h12-15H,3-11H2,1-2H3. The van der Waals surface area contributed by atoms with Crippen LogP contribution in [0.2, 0.25) is 0 Å². The summed E-state index contributed by atoms with van der Waals surface area (Å²) in [6, 6.07) is 0.774. The van der Waals surface area contributed by atoms with Crippen molar-refractivity contribution in [2.45, 2.75) is 51.2 Å². The molecule has 3 heteroatoms. The van der Waals surface area contributed by atoms with Crippen LogP contribution in [0, 0.1) is 5.92 Å². The first-order valence-electron chi connectivity index (χ1n) is 7.31. The van der Waals surface area contributed by atoms with Crippen molar-refractivity contribution in [1.82, 2.24) is 10.2 Å². The fraction of sp³-hybridized carbons (Fsp3) is 1.00. The van der Waals surface area contributed by atoms with E-state index in [9.17, 15) is 0 Å². The van der Waals surface area contributed by atoms with Crippen LogP contribution < -0.4 is 5.32 Å². The zero-order chi connectivity index (χ0) is 12.1. The smallest absolute Gasteiger partial charge is 0.0673 e. The first kappa shape index (κ1) is 13.3. The maximum atomic E-state index is 5.69. The van der Waals surface area contributed by atoms with Crippen molar-refractivity contribution in [2.24, 2.45) is 5.92 Å². The van der Waals surface area contributed by atoms with E-state index in [-0.39, 0.29) is 0 Å². The van der Waals surface area contributed by atoms with Crippen LogP contribution in [0.4, 0.5) is 0 Å². The van der Waals surface area contributed by atoms with E-state index in [1.165, 1.54) is 45.2 Å². The molecular weight excluding hydrogens is 212 g/mol. The molecule has 3 atom stereocenters. The molecule has 3 nitrogen and oxygen atoms in total. The van der Waals surface area contributed by atoms with Gasteiger partial charge >= 0.3 is 0 Å². The monoisotopic (exact) mass is 240 g/mol. The predicted octanol–water partition coefficient (Wildman–Crippen LogP) is 1.88. The van der Waals surface area contributed by atoms with Gasteiger partial charge in [0, 0.05) is 25.7 Å². The van der Waals surface area contributed by atoms with E-state index >= 15 is 0 Å². The third-order valence-electron chi connectivity index (χ3n) is 4.38. The SMILES string of the molecule is CNC1CCCC1CCN1CCCOC(C)C1. The van der Waals surface area contributed by atoms with Crippen molar-refractivity contribution in [3.05, 3.63) is 0 Å². The summed E-state index contributed by atoms with van der Waals surface area (Å²) in [5, 5.41) is 3.48. The fourth-order valence-electron chi connectivity index (χ4n) is 3.39. The second-order valence-electron chi connectivity index (χ2n) is 5.71. The highest BCUT2D eigenvalue weighted by atomic mass is 16.5. The van der Waals surface area contributed by atoms with Crippen LogP contribution in [-0.4, -0.2) is 50.3 Å². The molecule has 0 spiro atoms. The third kappa shape index (κ3) is 3.94. The minimum atomic E-state index is 0.418. The quantitative estimate of drug-likeness (QED) is 0.812. The van der Waals surface area contributed by atoms with Gasteiger partial charge in [0.1, 0.15) is 0 Å². The second kappa shape index (κ2) is 6.72. The van der Waals surface area contributed by atoms with Crippen LogP contribution in [0.15, 0.2) is 0 Å². The van der Waals surface area contributed by atoms with Gasteiger partial charge in [-0.05, 0) is 52.1 Å². The lowest BCUT2D eigenvalue weighted by molar-refractivity contribution is 0.0668. The molecule has 2 fully saturated rings. The van der Waals surface area contributed by atoms with E-state index in [0.29, 0.717) is 6.10 Å². The van der Waals surface area contributed by atoms with Crippen LogP contribution in [0.3, 0.4) is 0 Å². The lowest BCUT2D eigenvalue weighted by Gasteiger charge is -2.25. The van der Waals surface area contributed by atoms with Gasteiger partial charge in [-0.3, -0.25) is 0 Å². The Labute approximate surface area is 106 Å². The number of nitrogens with one attached hydrogen (secondary N) is 1. The van der Waals surface area contributed by atoms with E-state index in [1.807, 2.05) is 0 Å². The van der Waals surface area contributed by atoms with Crippen LogP contribution >= 0.6 is 0 Å². The highest BCUT2D eigenvalue weighted by Gasteiger charge is 2.26. The number of rotatable bonds is 4. The topological polar surface area (TPSA) is 24.5 Å². The Morgan fingerprint density at radius 3 is 3.00 bits per heavy atom. The summed E-state index contributed by atoms with van der Waals surface area (Å²) in [5.41, 5.74) is 0. The molecule has 2 rings (SSSR count). The second-order valence-corrected chi connectivity index (χ2v) is 5.71. The Kier molecular flexibility index (Phi) is 5.26. The molecule has 1 saturated carbocycles. The molecule has 0 amide bonds. The van der Waals surface area contributed by atoms with Gasteiger partial charge in [-0.15, -0.1) is 0 Å². The van der Waals surface area contributed by atoms with Crippen molar-refractivity contribution in [1.29, 1.82) is 0 Å². The third-order valence-corrected chi connectivity index (χ3v) is 4.38. The average Bonchev–Trinajstić information content (AvgIpc) is 2.68. The van der Waals surface area contributed by atoms with Crippen molar-refractivity contribution < 1.29 is 4.74 Å². The summed E-state index contributed by atoms with van der Waals surface area (Å²) in [7, 11) is 2.12. The predicted molar refractivity (Wildman–Crippen MR) is 71.3 cm³/mol. The van der Waals surface area contributed by atoms with Gasteiger partial charge in [0.2, 0.25) is 0 Å². The molecule has 1 saturated heterocycles. The Hall–Kier alpha value is -0.120. The molecule has 0 radical (unpaired) electrons. The minimum absolute atomic E-state index is 0.418. The molecule has 0 aromatic heterocycles. The molecule has 0 bridgehead atoms. The summed E-state index contributed by atoms with van der Waals surface area (Å²) < 4.78 is 5.69. The molecule has 3 unspecified atom stereocenters. The number of ether oxygens (including phenoxy) is 1. The maximum Gasteiger partial charge on any atom is 0.0673 e. The summed E-state index contributed by atoms with van der Waals surface area (Å²) in [6.45, 7) is 6.75. The maximum absolute atomic E-state index is 5.69. The molecule has 0 aromatic carbocycles. The van der Waals surface area contributed by atoms with Crippen molar-refractivity contribution >= 4 is 0 Å². The first-order chi connectivity index (χ1) is 8.29. The molecule has 2 aliphatic rings. The lowest BCUT2D eigenvalue weighted by Crippen LogP contribution is -2.35. The first-order valence-corrected chi connectivity index (χ1v) is 7.31. The van der Waals surface area contributed by atoms with Crippen molar-refractivity contribution in [2.75, 3.05) is 33.3 Å². The molecule has 0 aromatic rings. The molecule has 1 aliphatic carbocycles. The average molecular weight is 240 g/mol. The molecule has 100 valence electrons. The molecule has 1 N–H and O–H groups in total. The van der Waals surface area contributed by atoms with E-state index in [4.69, 9.17) is 4.74 Å². The van der Waals surface area contributed by atoms with Gasteiger partial charge in [0.05, 0.1) is 6.10 Å². The van der Waals surface area contributed by atoms with E-state index < -0.39 is 0 Å². The van der Waals surface area contributed by atoms with Crippen molar-refractivity contribution in [3.8, 4) is 0 Å².